The van der Waals surface area contributed by atoms with Crippen molar-refractivity contribution in [2.45, 2.75) is 33.6 Å². The van der Waals surface area contributed by atoms with Gasteiger partial charge >= 0.3 is 11.9 Å². The molecule has 6 aromatic rings. The van der Waals surface area contributed by atoms with Crippen LogP contribution in [-0.4, -0.2) is 62.5 Å². The fourth-order valence-electron chi connectivity index (χ4n) is 5.81. The Balaban J connectivity index is 0.000000228. The summed E-state index contributed by atoms with van der Waals surface area (Å²) in [4.78, 5) is 38.0. The first-order valence-corrected chi connectivity index (χ1v) is 21.3. The van der Waals surface area contributed by atoms with Crippen molar-refractivity contribution in [2.24, 2.45) is 10.3 Å². The third-order valence-corrected chi connectivity index (χ3v) is 11.5. The molecular formula is C46H44Cl2N2O8S2. The van der Waals surface area contributed by atoms with Crippen LogP contribution in [-0.2, 0) is 36.8 Å². The van der Waals surface area contributed by atoms with Crippen LogP contribution < -0.4 is 9.47 Å². The quantitative estimate of drug-likeness (QED) is 0.0545. The Labute approximate surface area is 367 Å². The van der Waals surface area contributed by atoms with Gasteiger partial charge in [0.05, 0.1) is 43.4 Å². The van der Waals surface area contributed by atoms with Crippen molar-refractivity contribution >= 4 is 69.2 Å². The van der Waals surface area contributed by atoms with Gasteiger partial charge in [-0.25, -0.2) is 0 Å². The number of carboxylic acid groups (broad SMARTS) is 1. The van der Waals surface area contributed by atoms with Crippen molar-refractivity contribution in [3.05, 3.63) is 151 Å². The predicted molar refractivity (Wildman–Crippen MR) is 242 cm³/mol. The van der Waals surface area contributed by atoms with E-state index in [0.717, 1.165) is 64.4 Å². The largest absolute Gasteiger partial charge is 0.497 e. The van der Waals surface area contributed by atoms with Crippen LogP contribution in [0.5, 0.6) is 11.5 Å². The minimum Gasteiger partial charge on any atom is -0.497 e. The number of aliphatic carboxylic acids is 1. The van der Waals surface area contributed by atoms with Gasteiger partial charge in [0, 0.05) is 30.9 Å². The van der Waals surface area contributed by atoms with E-state index in [1.165, 1.54) is 11.3 Å². The molecule has 0 aliphatic carbocycles. The van der Waals surface area contributed by atoms with E-state index in [1.807, 2.05) is 111 Å². The van der Waals surface area contributed by atoms with Crippen molar-refractivity contribution in [3.8, 4) is 32.4 Å². The number of carbonyl (C=O) groups is 2. The van der Waals surface area contributed by atoms with E-state index >= 15 is 0 Å². The molecule has 0 radical (unpaired) electrons. The van der Waals surface area contributed by atoms with Crippen LogP contribution in [0.2, 0.25) is 10.0 Å². The molecule has 6 rings (SSSR count). The second-order valence-corrected chi connectivity index (χ2v) is 15.6. The molecule has 10 nitrogen and oxygen atoms in total. The second kappa shape index (κ2) is 22.6. The van der Waals surface area contributed by atoms with Gasteiger partial charge in [-0.2, -0.15) is 0 Å². The smallest absolute Gasteiger partial charge is 0.310 e. The molecule has 14 heteroatoms. The predicted octanol–water partition coefficient (Wildman–Crippen LogP) is 11.5. The van der Waals surface area contributed by atoms with Gasteiger partial charge in [0.15, 0.2) is 0 Å². The lowest BCUT2D eigenvalue weighted by Gasteiger charge is -2.06. The number of oxime groups is 2. The molecule has 0 saturated heterocycles. The molecule has 0 unspecified atom stereocenters. The highest BCUT2D eigenvalue weighted by molar-refractivity contribution is 7.18. The molecule has 1 N–H and O–H groups in total. The Bertz CT molecular complexity index is 2390. The van der Waals surface area contributed by atoms with Gasteiger partial charge in [-0.15, -0.1) is 22.7 Å². The standard InChI is InChI=1S/C24H24ClNO4S.C22H20ClNO4S/c1-4-29-22(27)15-18-14-21(31-24(18)17-6-10-19(25)11-7-17)23(26-30-5-2)16-8-12-20(28-3)13-9-16;1-3-28-24-21(14-6-10-18(27-2)11-7-14)19-12-16(13-20(25)26)22(29-19)15-4-8-17(23)9-5-15/h6-14H,4-5,15H2,1-3H3;4-12H,3,13H2,1-2H3,(H,25,26). The highest BCUT2D eigenvalue weighted by atomic mass is 35.5. The normalized spacial score (nSPS) is 11.3. The van der Waals surface area contributed by atoms with Gasteiger partial charge in [-0.3, -0.25) is 9.59 Å². The number of methoxy groups -OCH3 is 2. The van der Waals surface area contributed by atoms with Crippen LogP contribution in [0.15, 0.2) is 120 Å². The van der Waals surface area contributed by atoms with E-state index in [-0.39, 0.29) is 18.8 Å². The molecule has 0 atom stereocenters. The highest BCUT2D eigenvalue weighted by Crippen LogP contribution is 2.37. The third-order valence-electron chi connectivity index (χ3n) is 8.58. The van der Waals surface area contributed by atoms with E-state index in [2.05, 4.69) is 10.3 Å². The Morgan fingerprint density at radius 2 is 0.983 bits per heavy atom. The van der Waals surface area contributed by atoms with E-state index in [4.69, 9.17) is 47.1 Å². The summed E-state index contributed by atoms with van der Waals surface area (Å²) < 4.78 is 15.7. The zero-order chi connectivity index (χ0) is 43.0. The van der Waals surface area contributed by atoms with Gasteiger partial charge in [-0.05, 0) is 128 Å². The number of carbonyl (C=O) groups excluding carboxylic acids is 1. The second-order valence-electron chi connectivity index (χ2n) is 12.7. The van der Waals surface area contributed by atoms with Crippen molar-refractivity contribution in [1.82, 2.24) is 0 Å². The van der Waals surface area contributed by atoms with Gasteiger partial charge in [0.2, 0.25) is 0 Å². The third kappa shape index (κ3) is 12.4. The fourth-order valence-corrected chi connectivity index (χ4v) is 8.44. The first-order chi connectivity index (χ1) is 29.1. The van der Waals surface area contributed by atoms with Crippen molar-refractivity contribution < 1.29 is 38.6 Å². The van der Waals surface area contributed by atoms with Crippen molar-refractivity contribution in [3.63, 3.8) is 0 Å². The average molecular weight is 888 g/mol. The molecule has 0 bridgehead atoms. The van der Waals surface area contributed by atoms with E-state index in [1.54, 1.807) is 44.6 Å². The maximum atomic E-state index is 12.2. The van der Waals surface area contributed by atoms with Gasteiger partial charge in [-0.1, -0.05) is 57.8 Å². The van der Waals surface area contributed by atoms with E-state index in [0.29, 0.717) is 41.3 Å². The molecule has 0 amide bonds. The molecule has 312 valence electrons. The Morgan fingerprint density at radius 3 is 1.33 bits per heavy atom. The number of rotatable bonds is 17. The van der Waals surface area contributed by atoms with Crippen molar-refractivity contribution in [1.29, 1.82) is 0 Å². The Morgan fingerprint density at radius 1 is 0.583 bits per heavy atom. The van der Waals surface area contributed by atoms with E-state index in [9.17, 15) is 14.7 Å². The highest BCUT2D eigenvalue weighted by Gasteiger charge is 2.21. The zero-order valence-electron chi connectivity index (χ0n) is 33.7. The van der Waals surface area contributed by atoms with Gasteiger partial charge in [0.1, 0.15) is 36.1 Å². The Hall–Kier alpha value is -5.66. The molecule has 2 aromatic heterocycles. The molecule has 4 aromatic carbocycles. The monoisotopic (exact) mass is 886 g/mol. The summed E-state index contributed by atoms with van der Waals surface area (Å²) in [6.45, 7) is 6.76. The lowest BCUT2D eigenvalue weighted by Crippen LogP contribution is -2.07. The van der Waals surface area contributed by atoms with Gasteiger partial charge < -0.3 is 29.0 Å². The average Bonchev–Trinajstić information content (AvgIpc) is 3.86. The van der Waals surface area contributed by atoms with Crippen LogP contribution in [0.3, 0.4) is 0 Å². The molecule has 0 fully saturated rings. The lowest BCUT2D eigenvalue weighted by molar-refractivity contribution is -0.142. The molecule has 0 spiro atoms. The summed E-state index contributed by atoms with van der Waals surface area (Å²) in [5.41, 5.74) is 6.56. The SMILES string of the molecule is CCON=C(c1ccc(OC)cc1)c1cc(CC(=O)O)c(-c2ccc(Cl)cc2)s1.CCON=C(c1ccc(OC)cc1)c1cc(CC(=O)OCC)c(-c2ccc(Cl)cc2)s1. The molecule has 60 heavy (non-hydrogen) atoms. The number of ether oxygens (including phenoxy) is 3. The lowest BCUT2D eigenvalue weighted by atomic mass is 10.0. The zero-order valence-corrected chi connectivity index (χ0v) is 36.8. The molecular weight excluding hydrogens is 844 g/mol. The maximum absolute atomic E-state index is 12.2. The number of hydrogen-bond donors (Lipinski definition) is 1. The number of benzene rings is 4. The topological polar surface area (TPSA) is 125 Å². The van der Waals surface area contributed by atoms with Gasteiger partial charge in [0.25, 0.3) is 0 Å². The number of esters is 1. The first-order valence-electron chi connectivity index (χ1n) is 18.9. The first kappa shape index (κ1) is 45.4. The number of halogens is 2. The minimum atomic E-state index is -0.891. The van der Waals surface area contributed by atoms with Crippen LogP contribution in [0.4, 0.5) is 0 Å². The summed E-state index contributed by atoms with van der Waals surface area (Å²) in [5.74, 6) is 0.340. The van der Waals surface area contributed by atoms with Crippen LogP contribution in [0.1, 0.15) is 52.8 Å². The van der Waals surface area contributed by atoms with Crippen LogP contribution >= 0.6 is 45.9 Å². The van der Waals surface area contributed by atoms with E-state index < -0.39 is 5.97 Å². The maximum Gasteiger partial charge on any atom is 0.310 e. The number of thiophene rings is 2. The molecule has 2 heterocycles. The van der Waals surface area contributed by atoms with Crippen LogP contribution in [0, 0.1) is 0 Å². The fraction of sp³-hybridized carbons (Fsp3) is 0.217. The van der Waals surface area contributed by atoms with Crippen LogP contribution in [0.25, 0.3) is 20.9 Å². The summed E-state index contributed by atoms with van der Waals surface area (Å²) in [6.07, 6.45) is 0.0891. The summed E-state index contributed by atoms with van der Waals surface area (Å²) >= 11 is 15.1. The summed E-state index contributed by atoms with van der Waals surface area (Å²) in [7, 11) is 3.24. The van der Waals surface area contributed by atoms with Crippen molar-refractivity contribution in [2.75, 3.05) is 34.0 Å². The molecule has 0 saturated carbocycles. The Kier molecular flexibility index (Phi) is 17.1. The minimum absolute atomic E-state index is 0.0843. The summed E-state index contributed by atoms with van der Waals surface area (Å²) in [5, 5.41) is 19.3. The number of carboxylic acids is 1. The molecule has 0 aliphatic rings. The molecule has 0 aliphatic heterocycles. The summed E-state index contributed by atoms with van der Waals surface area (Å²) in [6, 6.07) is 33.9. The number of nitrogens with zero attached hydrogens (tertiary/aromatic N) is 2. The number of hydrogen-bond acceptors (Lipinski definition) is 11.